The second-order valence-corrected chi connectivity index (χ2v) is 5.17. The summed E-state index contributed by atoms with van der Waals surface area (Å²) in [5, 5.41) is 0. The van der Waals surface area contributed by atoms with Gasteiger partial charge >= 0.3 is 0 Å². The Bertz CT molecular complexity index is 388. The first-order valence-electron chi connectivity index (χ1n) is 6.55. The van der Waals surface area contributed by atoms with Crippen LogP contribution in [0.25, 0.3) is 0 Å². The number of aryl methyl sites for hydroxylation is 2. The van der Waals surface area contributed by atoms with Crippen LogP contribution in [0.1, 0.15) is 43.5 Å². The lowest BCUT2D eigenvalue weighted by molar-refractivity contribution is 0.257. The average Bonchev–Trinajstić information content (AvgIpc) is 2.35. The van der Waals surface area contributed by atoms with Crippen molar-refractivity contribution in [3.63, 3.8) is 0 Å². The van der Waals surface area contributed by atoms with Crippen LogP contribution in [0.2, 0.25) is 0 Å². The minimum atomic E-state index is 0.508. The smallest absolute Gasteiger partial charge is 0.218 e. The summed E-state index contributed by atoms with van der Waals surface area (Å²) in [5.41, 5.74) is 9.40. The largest absolute Gasteiger partial charge is 0.477 e. The van der Waals surface area contributed by atoms with Gasteiger partial charge in [0.15, 0.2) is 0 Å². The molecule has 0 saturated heterocycles. The molecule has 0 fully saturated rings. The number of fused-ring (bicyclic) bond motifs is 1. The SMILES string of the molecule is CC(C)COc1nc2c(cc1CN)CCCC2. The zero-order valence-corrected chi connectivity index (χ0v) is 10.8. The number of rotatable bonds is 4. The molecule has 1 aromatic heterocycles. The number of hydrogen-bond donors (Lipinski definition) is 1. The molecule has 3 heteroatoms. The van der Waals surface area contributed by atoms with E-state index >= 15 is 0 Å². The summed E-state index contributed by atoms with van der Waals surface area (Å²) >= 11 is 0. The van der Waals surface area contributed by atoms with E-state index in [9.17, 15) is 0 Å². The van der Waals surface area contributed by atoms with Crippen molar-refractivity contribution < 1.29 is 4.74 Å². The number of nitrogens with two attached hydrogens (primary N) is 1. The van der Waals surface area contributed by atoms with Gasteiger partial charge in [-0.2, -0.15) is 0 Å². The molecule has 2 rings (SSSR count). The number of nitrogens with zero attached hydrogens (tertiary/aromatic N) is 1. The molecule has 94 valence electrons. The number of aromatic nitrogens is 1. The fourth-order valence-corrected chi connectivity index (χ4v) is 2.18. The van der Waals surface area contributed by atoms with Gasteiger partial charge in [-0.05, 0) is 43.2 Å². The van der Waals surface area contributed by atoms with Crippen LogP contribution >= 0.6 is 0 Å². The third-order valence-electron chi connectivity index (χ3n) is 3.11. The van der Waals surface area contributed by atoms with Gasteiger partial charge < -0.3 is 10.5 Å². The van der Waals surface area contributed by atoms with Gasteiger partial charge in [0.25, 0.3) is 0 Å². The van der Waals surface area contributed by atoms with Crippen LogP contribution in [0.4, 0.5) is 0 Å². The summed E-state index contributed by atoms with van der Waals surface area (Å²) in [6.07, 6.45) is 4.73. The number of ether oxygens (including phenoxy) is 1. The first-order valence-corrected chi connectivity index (χ1v) is 6.55. The van der Waals surface area contributed by atoms with Crippen molar-refractivity contribution in [3.05, 3.63) is 22.9 Å². The van der Waals surface area contributed by atoms with Gasteiger partial charge in [-0.3, -0.25) is 0 Å². The van der Waals surface area contributed by atoms with Gasteiger partial charge in [-0.15, -0.1) is 0 Å². The Morgan fingerprint density at radius 3 is 2.82 bits per heavy atom. The van der Waals surface area contributed by atoms with Crippen LogP contribution in [-0.2, 0) is 19.4 Å². The standard InChI is InChI=1S/C14H22N2O/c1-10(2)9-17-14-12(8-15)7-11-5-3-4-6-13(11)16-14/h7,10H,3-6,8-9,15H2,1-2H3. The quantitative estimate of drug-likeness (QED) is 0.870. The van der Waals surface area contributed by atoms with Crippen molar-refractivity contribution in [3.8, 4) is 5.88 Å². The van der Waals surface area contributed by atoms with Gasteiger partial charge in [0, 0.05) is 17.8 Å². The molecular formula is C14H22N2O. The van der Waals surface area contributed by atoms with Crippen molar-refractivity contribution in [2.45, 2.75) is 46.1 Å². The summed E-state index contributed by atoms with van der Waals surface area (Å²) in [6, 6.07) is 2.19. The van der Waals surface area contributed by atoms with Gasteiger partial charge in [-0.25, -0.2) is 4.98 Å². The highest BCUT2D eigenvalue weighted by Gasteiger charge is 2.15. The predicted molar refractivity (Wildman–Crippen MR) is 69.1 cm³/mol. The first kappa shape index (κ1) is 12.4. The van der Waals surface area contributed by atoms with Crippen LogP contribution in [-0.4, -0.2) is 11.6 Å². The van der Waals surface area contributed by atoms with E-state index in [1.165, 1.54) is 24.1 Å². The van der Waals surface area contributed by atoms with E-state index in [0.717, 1.165) is 24.3 Å². The maximum absolute atomic E-state index is 5.77. The molecule has 0 spiro atoms. The Labute approximate surface area is 103 Å². The highest BCUT2D eigenvalue weighted by Crippen LogP contribution is 2.26. The van der Waals surface area contributed by atoms with Crippen LogP contribution in [0.15, 0.2) is 6.07 Å². The van der Waals surface area contributed by atoms with E-state index in [1.807, 2.05) is 0 Å². The second-order valence-electron chi connectivity index (χ2n) is 5.17. The average molecular weight is 234 g/mol. The molecule has 0 aliphatic heterocycles. The molecule has 0 unspecified atom stereocenters. The lowest BCUT2D eigenvalue weighted by Gasteiger charge is -2.19. The summed E-state index contributed by atoms with van der Waals surface area (Å²) in [4.78, 5) is 4.65. The molecule has 1 aliphatic rings. The molecule has 3 nitrogen and oxygen atoms in total. The Hall–Kier alpha value is -1.09. The van der Waals surface area contributed by atoms with Crippen molar-refractivity contribution in [1.82, 2.24) is 4.98 Å². The van der Waals surface area contributed by atoms with E-state index in [2.05, 4.69) is 24.9 Å². The van der Waals surface area contributed by atoms with E-state index in [-0.39, 0.29) is 0 Å². The molecule has 0 aromatic carbocycles. The maximum atomic E-state index is 5.77. The molecule has 2 N–H and O–H groups in total. The summed E-state index contributed by atoms with van der Waals surface area (Å²) in [5.74, 6) is 1.26. The van der Waals surface area contributed by atoms with Gasteiger partial charge in [0.2, 0.25) is 5.88 Å². The molecular weight excluding hydrogens is 212 g/mol. The lowest BCUT2D eigenvalue weighted by Crippen LogP contribution is -2.13. The minimum Gasteiger partial charge on any atom is -0.477 e. The topological polar surface area (TPSA) is 48.1 Å². The Kier molecular flexibility index (Phi) is 4.00. The Morgan fingerprint density at radius 1 is 1.35 bits per heavy atom. The summed E-state index contributed by atoms with van der Waals surface area (Å²) in [7, 11) is 0. The third-order valence-corrected chi connectivity index (χ3v) is 3.11. The lowest BCUT2D eigenvalue weighted by atomic mass is 9.95. The highest BCUT2D eigenvalue weighted by atomic mass is 16.5. The first-order chi connectivity index (χ1) is 8.20. The zero-order chi connectivity index (χ0) is 12.3. The van der Waals surface area contributed by atoms with Crippen molar-refractivity contribution in [1.29, 1.82) is 0 Å². The van der Waals surface area contributed by atoms with E-state index < -0.39 is 0 Å². The van der Waals surface area contributed by atoms with Crippen molar-refractivity contribution >= 4 is 0 Å². The zero-order valence-electron chi connectivity index (χ0n) is 10.8. The summed E-state index contributed by atoms with van der Waals surface area (Å²) < 4.78 is 5.76. The third kappa shape index (κ3) is 2.97. The molecule has 1 aliphatic carbocycles. The fourth-order valence-electron chi connectivity index (χ4n) is 2.18. The van der Waals surface area contributed by atoms with Gasteiger partial charge in [-0.1, -0.05) is 13.8 Å². The molecule has 0 saturated carbocycles. The van der Waals surface area contributed by atoms with Crippen LogP contribution in [0.3, 0.4) is 0 Å². The van der Waals surface area contributed by atoms with Crippen LogP contribution in [0, 0.1) is 5.92 Å². The monoisotopic (exact) mass is 234 g/mol. The predicted octanol–water partition coefficient (Wildman–Crippen LogP) is 2.45. The molecule has 0 atom stereocenters. The number of pyridine rings is 1. The molecule has 0 amide bonds. The molecule has 17 heavy (non-hydrogen) atoms. The Morgan fingerprint density at radius 2 is 2.12 bits per heavy atom. The second kappa shape index (κ2) is 5.50. The minimum absolute atomic E-state index is 0.508. The van der Waals surface area contributed by atoms with Gasteiger partial charge in [0.1, 0.15) is 0 Å². The fraction of sp³-hybridized carbons (Fsp3) is 0.643. The van der Waals surface area contributed by atoms with Crippen molar-refractivity contribution in [2.75, 3.05) is 6.61 Å². The summed E-state index contributed by atoms with van der Waals surface area (Å²) in [6.45, 7) is 5.49. The molecule has 0 radical (unpaired) electrons. The van der Waals surface area contributed by atoms with Gasteiger partial charge in [0.05, 0.1) is 6.61 Å². The molecule has 1 aromatic rings. The molecule has 0 bridgehead atoms. The van der Waals surface area contributed by atoms with Crippen molar-refractivity contribution in [2.24, 2.45) is 11.7 Å². The normalized spacial score (nSPS) is 14.8. The van der Waals surface area contributed by atoms with Crippen LogP contribution in [0.5, 0.6) is 5.88 Å². The number of hydrogen-bond acceptors (Lipinski definition) is 3. The van der Waals surface area contributed by atoms with Crippen LogP contribution < -0.4 is 10.5 Å². The Balaban J connectivity index is 2.23. The highest BCUT2D eigenvalue weighted by molar-refractivity contribution is 5.35. The molecule has 1 heterocycles. The van der Waals surface area contributed by atoms with E-state index in [4.69, 9.17) is 10.5 Å². The maximum Gasteiger partial charge on any atom is 0.218 e. The van der Waals surface area contributed by atoms with E-state index in [0.29, 0.717) is 19.1 Å². The van der Waals surface area contributed by atoms with E-state index in [1.54, 1.807) is 0 Å².